The molecule has 0 heterocycles. The van der Waals surface area contributed by atoms with Gasteiger partial charge in [-0.2, -0.15) is 0 Å². The van der Waals surface area contributed by atoms with E-state index in [1.54, 1.807) is 19.2 Å². The number of carbonyl (C=O) groups is 1. The largest absolute Gasteiger partial charge is 0.497 e. The van der Waals surface area contributed by atoms with Crippen LogP contribution >= 0.6 is 0 Å². The molecule has 1 N–H and O–H groups in total. The number of carboxylic acids is 1. The second-order valence-electron chi connectivity index (χ2n) is 11.1. The lowest BCUT2D eigenvalue weighted by atomic mass is 9.84. The first-order chi connectivity index (χ1) is 18.4. The standard InChI is InChI=1S/C33H37FO4/c1-21-5-3-8-28(21)30-16-23(11-13-29(30)31-19-26(37-2)12-14-32(31)34)20-38-27-7-4-6-24(17-27)25(18-33(35)36)15-22-9-10-22/h4,6-7,11-14,16-17,19,21-22,25,28H,3,5,8-10,15,18,20H2,1-2H3,(H,35,36)/t21?,25-,28?/m0/s1. The molecular weight excluding hydrogens is 479 g/mol. The van der Waals surface area contributed by atoms with Gasteiger partial charge < -0.3 is 14.6 Å². The fourth-order valence-corrected chi connectivity index (χ4v) is 6.03. The predicted octanol–water partition coefficient (Wildman–Crippen LogP) is 8.34. The van der Waals surface area contributed by atoms with Crippen molar-refractivity contribution < 1.29 is 23.8 Å². The Labute approximate surface area is 224 Å². The van der Waals surface area contributed by atoms with Crippen molar-refractivity contribution in [3.63, 3.8) is 0 Å². The van der Waals surface area contributed by atoms with E-state index in [4.69, 9.17) is 9.47 Å². The first-order valence-electron chi connectivity index (χ1n) is 13.8. The molecule has 0 aliphatic heterocycles. The zero-order chi connectivity index (χ0) is 26.6. The molecule has 4 nitrogen and oxygen atoms in total. The molecule has 0 amide bonds. The van der Waals surface area contributed by atoms with Gasteiger partial charge in [-0.1, -0.05) is 62.9 Å². The van der Waals surface area contributed by atoms with Gasteiger partial charge in [0.1, 0.15) is 23.9 Å². The molecule has 0 aromatic heterocycles. The van der Waals surface area contributed by atoms with Crippen LogP contribution in [0.25, 0.3) is 11.1 Å². The highest BCUT2D eigenvalue weighted by atomic mass is 19.1. The lowest BCUT2D eigenvalue weighted by molar-refractivity contribution is -0.137. The van der Waals surface area contributed by atoms with Gasteiger partial charge in [-0.3, -0.25) is 4.79 Å². The number of aliphatic carboxylic acids is 1. The number of methoxy groups -OCH3 is 1. The lowest BCUT2D eigenvalue weighted by Gasteiger charge is -2.22. The molecule has 3 aromatic carbocycles. The van der Waals surface area contributed by atoms with Crippen LogP contribution in [-0.2, 0) is 11.4 Å². The topological polar surface area (TPSA) is 55.8 Å². The van der Waals surface area contributed by atoms with Crippen molar-refractivity contribution in [1.29, 1.82) is 0 Å². The normalized spacial score (nSPS) is 19.8. The van der Waals surface area contributed by atoms with E-state index in [-0.39, 0.29) is 18.2 Å². The van der Waals surface area contributed by atoms with E-state index >= 15 is 0 Å². The van der Waals surface area contributed by atoms with Crippen LogP contribution in [0.4, 0.5) is 4.39 Å². The third-order valence-corrected chi connectivity index (χ3v) is 8.31. The monoisotopic (exact) mass is 516 g/mol. The Hall–Kier alpha value is -3.34. The van der Waals surface area contributed by atoms with E-state index in [0.29, 0.717) is 35.7 Å². The minimum Gasteiger partial charge on any atom is -0.497 e. The van der Waals surface area contributed by atoms with E-state index in [1.807, 2.05) is 36.4 Å². The maximum absolute atomic E-state index is 15.0. The summed E-state index contributed by atoms with van der Waals surface area (Å²) in [6, 6.07) is 19.0. The maximum Gasteiger partial charge on any atom is 0.303 e. The molecule has 200 valence electrons. The van der Waals surface area contributed by atoms with Crippen molar-refractivity contribution in [2.45, 2.75) is 70.3 Å². The molecule has 0 bridgehead atoms. The van der Waals surface area contributed by atoms with E-state index in [0.717, 1.165) is 35.3 Å². The molecule has 0 saturated heterocycles. The minimum absolute atomic E-state index is 0.0102. The molecule has 3 aromatic rings. The maximum atomic E-state index is 15.0. The van der Waals surface area contributed by atoms with Crippen LogP contribution in [-0.4, -0.2) is 18.2 Å². The average Bonchev–Trinajstić information content (AvgIpc) is 3.64. The highest BCUT2D eigenvalue weighted by Crippen LogP contribution is 2.44. The number of carboxylic acid groups (broad SMARTS) is 1. The van der Waals surface area contributed by atoms with Crippen LogP contribution in [0.3, 0.4) is 0 Å². The van der Waals surface area contributed by atoms with Crippen LogP contribution in [0, 0.1) is 17.7 Å². The molecule has 2 aliphatic rings. The summed E-state index contributed by atoms with van der Waals surface area (Å²) >= 11 is 0. The molecule has 5 heteroatoms. The Morgan fingerprint density at radius 2 is 1.84 bits per heavy atom. The van der Waals surface area contributed by atoms with Gasteiger partial charge in [0, 0.05) is 5.56 Å². The summed E-state index contributed by atoms with van der Waals surface area (Å²) in [5.41, 5.74) is 4.72. The molecule has 38 heavy (non-hydrogen) atoms. The number of halogens is 1. The highest BCUT2D eigenvalue weighted by molar-refractivity contribution is 5.71. The van der Waals surface area contributed by atoms with E-state index in [2.05, 4.69) is 13.0 Å². The third-order valence-electron chi connectivity index (χ3n) is 8.31. The lowest BCUT2D eigenvalue weighted by Crippen LogP contribution is -2.08. The van der Waals surface area contributed by atoms with Crippen molar-refractivity contribution in [2.75, 3.05) is 7.11 Å². The number of hydrogen-bond donors (Lipinski definition) is 1. The van der Waals surface area contributed by atoms with E-state index in [1.165, 1.54) is 37.3 Å². The summed E-state index contributed by atoms with van der Waals surface area (Å²) in [6.45, 7) is 2.68. The molecule has 0 radical (unpaired) electrons. The SMILES string of the molecule is COc1ccc(F)c(-c2ccc(COc3cccc([C@H](CC(=O)O)CC4CC4)c3)cc2C2CCCC2C)c1. The van der Waals surface area contributed by atoms with Gasteiger partial charge in [0.2, 0.25) is 0 Å². The first kappa shape index (κ1) is 26.3. The summed E-state index contributed by atoms with van der Waals surface area (Å²) in [4.78, 5) is 11.5. The first-order valence-corrected chi connectivity index (χ1v) is 13.8. The Balaban J connectivity index is 1.39. The van der Waals surface area contributed by atoms with Crippen LogP contribution in [0.2, 0.25) is 0 Å². The van der Waals surface area contributed by atoms with Crippen LogP contribution in [0.1, 0.15) is 80.4 Å². The van der Waals surface area contributed by atoms with Crippen molar-refractivity contribution in [1.82, 2.24) is 0 Å². The van der Waals surface area contributed by atoms with Gasteiger partial charge in [0.15, 0.2) is 0 Å². The van der Waals surface area contributed by atoms with Gasteiger partial charge in [-0.25, -0.2) is 4.39 Å². The van der Waals surface area contributed by atoms with E-state index in [9.17, 15) is 14.3 Å². The fraction of sp³-hybridized carbons (Fsp3) is 0.424. The predicted molar refractivity (Wildman–Crippen MR) is 147 cm³/mol. The Bertz CT molecular complexity index is 1280. The fourth-order valence-electron chi connectivity index (χ4n) is 6.03. The zero-order valence-electron chi connectivity index (χ0n) is 22.3. The zero-order valence-corrected chi connectivity index (χ0v) is 22.3. The van der Waals surface area contributed by atoms with Crippen LogP contribution in [0.15, 0.2) is 60.7 Å². The Kier molecular flexibility index (Phi) is 8.01. The summed E-state index contributed by atoms with van der Waals surface area (Å²) in [5, 5.41) is 9.42. The van der Waals surface area contributed by atoms with Gasteiger partial charge in [0.05, 0.1) is 13.5 Å². The number of rotatable bonds is 11. The molecule has 2 fully saturated rings. The number of ether oxygens (including phenoxy) is 2. The molecule has 3 atom stereocenters. The van der Waals surface area contributed by atoms with Crippen LogP contribution < -0.4 is 9.47 Å². The molecular formula is C33H37FO4. The molecule has 2 aliphatic carbocycles. The summed E-state index contributed by atoms with van der Waals surface area (Å²) < 4.78 is 26.6. The van der Waals surface area contributed by atoms with Gasteiger partial charge in [0.25, 0.3) is 0 Å². The molecule has 2 saturated carbocycles. The van der Waals surface area contributed by atoms with Crippen molar-refractivity contribution in [3.05, 3.63) is 83.2 Å². The third kappa shape index (κ3) is 6.20. The van der Waals surface area contributed by atoms with Gasteiger partial charge >= 0.3 is 5.97 Å². The van der Waals surface area contributed by atoms with Crippen LogP contribution in [0.5, 0.6) is 11.5 Å². The number of hydrogen-bond acceptors (Lipinski definition) is 3. The highest BCUT2D eigenvalue weighted by Gasteiger charge is 2.29. The minimum atomic E-state index is -0.761. The van der Waals surface area contributed by atoms with E-state index < -0.39 is 5.97 Å². The smallest absolute Gasteiger partial charge is 0.303 e. The number of benzene rings is 3. The molecule has 5 rings (SSSR count). The Morgan fingerprint density at radius 3 is 2.55 bits per heavy atom. The second-order valence-corrected chi connectivity index (χ2v) is 11.1. The summed E-state index contributed by atoms with van der Waals surface area (Å²) in [7, 11) is 1.60. The van der Waals surface area contributed by atoms with Gasteiger partial charge in [-0.15, -0.1) is 0 Å². The summed E-state index contributed by atoms with van der Waals surface area (Å²) in [6.07, 6.45) is 6.91. The van der Waals surface area contributed by atoms with Crippen molar-refractivity contribution in [2.24, 2.45) is 11.8 Å². The van der Waals surface area contributed by atoms with Crippen molar-refractivity contribution in [3.8, 4) is 22.6 Å². The second kappa shape index (κ2) is 11.6. The van der Waals surface area contributed by atoms with Crippen molar-refractivity contribution >= 4 is 5.97 Å². The summed E-state index contributed by atoms with van der Waals surface area (Å²) in [5.74, 6) is 1.94. The quantitative estimate of drug-likeness (QED) is 0.278. The molecule has 2 unspecified atom stereocenters. The average molecular weight is 517 g/mol. The van der Waals surface area contributed by atoms with Gasteiger partial charge in [-0.05, 0) is 89.1 Å². The Morgan fingerprint density at radius 1 is 1.00 bits per heavy atom. The molecule has 0 spiro atoms.